The number of nitrogens with zero attached hydrogens (tertiary/aromatic N) is 5. The van der Waals surface area contributed by atoms with Gasteiger partial charge in [-0.3, -0.25) is 9.59 Å². The highest BCUT2D eigenvalue weighted by Crippen LogP contribution is 2.34. The molecule has 0 unspecified atom stereocenters. The summed E-state index contributed by atoms with van der Waals surface area (Å²) in [7, 11) is -2.13. The number of hydrogen-bond donors (Lipinski definition) is 1. The molecule has 3 rings (SSSR count). The van der Waals surface area contributed by atoms with E-state index < -0.39 is 22.1 Å². The summed E-state index contributed by atoms with van der Waals surface area (Å²) >= 11 is 6.27. The first-order valence-electron chi connectivity index (χ1n) is 9.67. The van der Waals surface area contributed by atoms with Crippen molar-refractivity contribution in [3.05, 3.63) is 53.6 Å². The fraction of sp³-hybridized carbons (Fsp3) is 0.350. The van der Waals surface area contributed by atoms with Crippen molar-refractivity contribution >= 4 is 33.4 Å². The SMILES string of the molecule is C=CC(=O)N1C[C@@H](C)N(S(C)(=O)=O)[C@H](c2cc(Cl)nc(-c3cc(C(=O)NC)ncn3)c2)C1. The maximum absolute atomic E-state index is 12.6. The molecule has 10 nitrogen and oxygen atoms in total. The molecule has 12 heteroatoms. The molecule has 0 saturated carbocycles. The molecule has 2 aromatic heterocycles. The largest absolute Gasteiger partial charge is 0.354 e. The third kappa shape index (κ3) is 4.95. The molecule has 2 amide bonds. The number of hydrogen-bond acceptors (Lipinski definition) is 7. The highest BCUT2D eigenvalue weighted by atomic mass is 35.5. The Kier molecular flexibility index (Phi) is 6.91. The molecular weight excluding hydrogens is 456 g/mol. The van der Waals surface area contributed by atoms with Crippen molar-refractivity contribution in [2.45, 2.75) is 19.0 Å². The van der Waals surface area contributed by atoms with E-state index in [1.807, 2.05) is 0 Å². The standard InChI is InChI=1S/C20H23ClN6O4S/c1-5-19(28)26-9-12(2)27(32(4,30)31)17(10-26)13-6-15(25-18(21)7-13)14-8-16(20(29)22-3)24-11-23-14/h5-8,11-12,17H,1,9-10H2,2-4H3,(H,22,29)/t12-,17+/m1/s1. The van der Waals surface area contributed by atoms with E-state index in [1.165, 1.54) is 29.8 Å². The van der Waals surface area contributed by atoms with E-state index in [1.54, 1.807) is 24.0 Å². The molecule has 2 atom stereocenters. The van der Waals surface area contributed by atoms with Crippen LogP contribution in [0.15, 0.2) is 37.2 Å². The van der Waals surface area contributed by atoms with Crippen LogP contribution in [0.4, 0.5) is 0 Å². The summed E-state index contributed by atoms with van der Waals surface area (Å²) in [5.41, 5.74) is 1.37. The summed E-state index contributed by atoms with van der Waals surface area (Å²) in [6.45, 7) is 5.62. The first-order valence-corrected chi connectivity index (χ1v) is 11.9. The Bertz CT molecular complexity index is 1170. The summed E-state index contributed by atoms with van der Waals surface area (Å²) < 4.78 is 26.6. The van der Waals surface area contributed by atoms with E-state index in [2.05, 4.69) is 26.8 Å². The zero-order valence-corrected chi connectivity index (χ0v) is 19.4. The highest BCUT2D eigenvalue weighted by molar-refractivity contribution is 7.88. The van der Waals surface area contributed by atoms with Gasteiger partial charge >= 0.3 is 0 Å². The molecule has 3 heterocycles. The van der Waals surface area contributed by atoms with Crippen LogP contribution in [-0.4, -0.2) is 76.8 Å². The maximum atomic E-state index is 12.6. The van der Waals surface area contributed by atoms with Crippen molar-refractivity contribution in [3.8, 4) is 11.4 Å². The van der Waals surface area contributed by atoms with Crippen molar-refractivity contribution in [1.29, 1.82) is 0 Å². The number of halogens is 1. The lowest BCUT2D eigenvalue weighted by molar-refractivity contribution is -0.129. The Morgan fingerprint density at radius 3 is 2.56 bits per heavy atom. The van der Waals surface area contributed by atoms with Crippen molar-refractivity contribution in [2.75, 3.05) is 26.4 Å². The number of rotatable bonds is 5. The number of carbonyl (C=O) groups excluding carboxylic acids is 2. The Labute approximate surface area is 191 Å². The van der Waals surface area contributed by atoms with E-state index in [9.17, 15) is 18.0 Å². The average Bonchev–Trinajstić information content (AvgIpc) is 2.76. The Morgan fingerprint density at radius 1 is 1.22 bits per heavy atom. The van der Waals surface area contributed by atoms with Gasteiger partial charge in [-0.1, -0.05) is 18.2 Å². The predicted molar refractivity (Wildman–Crippen MR) is 119 cm³/mol. The minimum atomic E-state index is -3.61. The number of carbonyl (C=O) groups is 2. The molecule has 170 valence electrons. The van der Waals surface area contributed by atoms with E-state index in [-0.39, 0.29) is 35.8 Å². The van der Waals surface area contributed by atoms with Crippen molar-refractivity contribution in [3.63, 3.8) is 0 Å². The van der Waals surface area contributed by atoms with Gasteiger partial charge in [0.2, 0.25) is 15.9 Å². The lowest BCUT2D eigenvalue weighted by Crippen LogP contribution is -2.56. The van der Waals surface area contributed by atoms with Gasteiger partial charge in [0.1, 0.15) is 17.2 Å². The Balaban J connectivity index is 2.10. The Hall–Kier alpha value is -2.89. The first kappa shape index (κ1) is 23.8. The third-order valence-electron chi connectivity index (χ3n) is 5.08. The number of sulfonamides is 1. The van der Waals surface area contributed by atoms with Gasteiger partial charge in [-0.15, -0.1) is 0 Å². The van der Waals surface area contributed by atoms with Gasteiger partial charge in [0.15, 0.2) is 0 Å². The molecule has 32 heavy (non-hydrogen) atoms. The second kappa shape index (κ2) is 9.31. The van der Waals surface area contributed by atoms with E-state index in [0.717, 1.165) is 6.26 Å². The van der Waals surface area contributed by atoms with Crippen LogP contribution < -0.4 is 5.32 Å². The van der Waals surface area contributed by atoms with Crippen molar-refractivity contribution < 1.29 is 18.0 Å². The van der Waals surface area contributed by atoms with Crippen LogP contribution in [0.1, 0.15) is 29.0 Å². The van der Waals surface area contributed by atoms with Crippen LogP contribution in [-0.2, 0) is 14.8 Å². The molecule has 1 saturated heterocycles. The van der Waals surface area contributed by atoms with Gasteiger partial charge in [-0.2, -0.15) is 4.31 Å². The lowest BCUT2D eigenvalue weighted by Gasteiger charge is -2.44. The summed E-state index contributed by atoms with van der Waals surface area (Å²) in [5.74, 6) is -0.680. The molecule has 0 spiro atoms. The summed E-state index contributed by atoms with van der Waals surface area (Å²) in [6.07, 6.45) is 3.56. The lowest BCUT2D eigenvalue weighted by atomic mass is 10.0. The Morgan fingerprint density at radius 2 is 1.94 bits per heavy atom. The fourth-order valence-corrected chi connectivity index (χ4v) is 5.37. The zero-order valence-electron chi connectivity index (χ0n) is 17.8. The molecule has 1 fully saturated rings. The predicted octanol–water partition coefficient (Wildman–Crippen LogP) is 1.27. The maximum Gasteiger partial charge on any atom is 0.269 e. The zero-order chi connectivity index (χ0) is 23.6. The first-order chi connectivity index (χ1) is 15.0. The van der Waals surface area contributed by atoms with Gasteiger partial charge in [0, 0.05) is 26.2 Å². The number of piperazine rings is 1. The number of pyridine rings is 1. The smallest absolute Gasteiger partial charge is 0.269 e. The van der Waals surface area contributed by atoms with E-state index in [4.69, 9.17) is 11.6 Å². The summed E-state index contributed by atoms with van der Waals surface area (Å²) in [5, 5.41) is 2.60. The van der Waals surface area contributed by atoms with Crippen LogP contribution in [0.25, 0.3) is 11.4 Å². The van der Waals surface area contributed by atoms with Gasteiger partial charge in [-0.05, 0) is 36.8 Å². The molecule has 0 radical (unpaired) electrons. The normalized spacial score (nSPS) is 19.4. The molecular formula is C20H23ClN6O4S. The molecule has 1 aliphatic heterocycles. The van der Waals surface area contributed by atoms with Crippen LogP contribution >= 0.6 is 11.6 Å². The molecule has 0 aliphatic carbocycles. The molecule has 1 aliphatic rings. The second-order valence-electron chi connectivity index (χ2n) is 7.38. The monoisotopic (exact) mass is 478 g/mol. The second-order valence-corrected chi connectivity index (χ2v) is 9.66. The molecule has 0 bridgehead atoms. The molecule has 0 aromatic carbocycles. The fourth-order valence-electron chi connectivity index (χ4n) is 3.78. The van der Waals surface area contributed by atoms with Gasteiger partial charge in [0.25, 0.3) is 5.91 Å². The number of nitrogens with one attached hydrogen (secondary N) is 1. The van der Waals surface area contributed by atoms with Gasteiger partial charge < -0.3 is 10.2 Å². The molecule has 2 aromatic rings. The van der Waals surface area contributed by atoms with Crippen molar-refractivity contribution in [1.82, 2.24) is 29.5 Å². The third-order valence-corrected chi connectivity index (χ3v) is 6.65. The van der Waals surface area contributed by atoms with E-state index >= 15 is 0 Å². The van der Waals surface area contributed by atoms with E-state index in [0.29, 0.717) is 17.0 Å². The number of amides is 2. The molecule has 1 N–H and O–H groups in total. The summed E-state index contributed by atoms with van der Waals surface area (Å²) in [4.78, 5) is 38.1. The minimum Gasteiger partial charge on any atom is -0.354 e. The quantitative estimate of drug-likeness (QED) is 0.506. The van der Waals surface area contributed by atoms with Gasteiger partial charge in [-0.25, -0.2) is 23.4 Å². The van der Waals surface area contributed by atoms with Crippen LogP contribution in [0.3, 0.4) is 0 Å². The number of aromatic nitrogens is 3. The topological polar surface area (TPSA) is 125 Å². The highest BCUT2D eigenvalue weighted by Gasteiger charge is 2.40. The minimum absolute atomic E-state index is 0.117. The van der Waals surface area contributed by atoms with Gasteiger partial charge in [0.05, 0.1) is 23.7 Å². The van der Waals surface area contributed by atoms with Crippen LogP contribution in [0.2, 0.25) is 5.15 Å². The average molecular weight is 479 g/mol. The van der Waals surface area contributed by atoms with Crippen molar-refractivity contribution in [2.24, 2.45) is 0 Å². The van der Waals surface area contributed by atoms with Crippen LogP contribution in [0, 0.1) is 0 Å². The summed E-state index contributed by atoms with van der Waals surface area (Å²) in [6, 6.07) is 3.51. The van der Waals surface area contributed by atoms with Crippen LogP contribution in [0.5, 0.6) is 0 Å².